The summed E-state index contributed by atoms with van der Waals surface area (Å²) in [5.74, 6) is -0.115. The summed E-state index contributed by atoms with van der Waals surface area (Å²) in [6.45, 7) is 6.72. The number of nitrogens with zero attached hydrogens (tertiary/aromatic N) is 1. The van der Waals surface area contributed by atoms with Gasteiger partial charge in [-0.15, -0.1) is 0 Å². The first-order valence-electron chi connectivity index (χ1n) is 5.52. The summed E-state index contributed by atoms with van der Waals surface area (Å²) >= 11 is 0. The lowest BCUT2D eigenvalue weighted by Gasteiger charge is -2.31. The Bertz CT molecular complexity index is 220. The minimum atomic E-state index is -0.115. The molecule has 0 aromatic rings. The summed E-state index contributed by atoms with van der Waals surface area (Å²) < 4.78 is 0. The summed E-state index contributed by atoms with van der Waals surface area (Å²) in [4.78, 5) is 11.3. The van der Waals surface area contributed by atoms with Crippen LogP contribution in [0, 0.1) is 11.3 Å². The van der Waals surface area contributed by atoms with Crippen molar-refractivity contribution in [2.75, 3.05) is 13.1 Å². The number of rotatable bonds is 7. The van der Waals surface area contributed by atoms with Crippen LogP contribution < -0.4 is 10.6 Å². The van der Waals surface area contributed by atoms with Crippen molar-refractivity contribution >= 4 is 5.91 Å². The molecule has 0 aliphatic heterocycles. The largest absolute Gasteiger partial charge is 0.342 e. The monoisotopic (exact) mass is 211 g/mol. The highest BCUT2D eigenvalue weighted by Crippen LogP contribution is 2.18. The van der Waals surface area contributed by atoms with Crippen LogP contribution in [0.1, 0.15) is 40.0 Å². The Morgan fingerprint density at radius 2 is 1.80 bits per heavy atom. The van der Waals surface area contributed by atoms with Gasteiger partial charge in [0.25, 0.3) is 0 Å². The summed E-state index contributed by atoms with van der Waals surface area (Å²) in [7, 11) is 0. The van der Waals surface area contributed by atoms with Crippen molar-refractivity contribution in [1.82, 2.24) is 10.6 Å². The van der Waals surface area contributed by atoms with Gasteiger partial charge >= 0.3 is 0 Å². The summed E-state index contributed by atoms with van der Waals surface area (Å²) in [5, 5.41) is 14.1. The highest BCUT2D eigenvalue weighted by atomic mass is 16.1. The number of nitriles is 1. The van der Waals surface area contributed by atoms with Gasteiger partial charge in [-0.3, -0.25) is 4.79 Å². The van der Waals surface area contributed by atoms with Crippen LogP contribution in [-0.4, -0.2) is 24.5 Å². The van der Waals surface area contributed by atoms with Crippen molar-refractivity contribution in [2.45, 2.75) is 45.6 Å². The lowest BCUT2D eigenvalue weighted by Crippen LogP contribution is -2.48. The average molecular weight is 211 g/mol. The Kier molecular flexibility index (Phi) is 6.72. The molecule has 2 N–H and O–H groups in total. The quantitative estimate of drug-likeness (QED) is 0.622. The predicted octanol–water partition coefficient (Wildman–Crippen LogP) is 1.18. The molecule has 15 heavy (non-hydrogen) atoms. The Morgan fingerprint density at radius 3 is 2.20 bits per heavy atom. The van der Waals surface area contributed by atoms with Crippen molar-refractivity contribution in [3.8, 4) is 6.07 Å². The van der Waals surface area contributed by atoms with Crippen LogP contribution in [0.4, 0.5) is 0 Å². The van der Waals surface area contributed by atoms with Gasteiger partial charge in [0, 0.05) is 5.54 Å². The van der Waals surface area contributed by atoms with Crippen LogP contribution in [0.5, 0.6) is 0 Å². The average Bonchev–Trinajstić information content (AvgIpc) is 2.29. The second kappa shape index (κ2) is 7.24. The van der Waals surface area contributed by atoms with E-state index in [-0.39, 0.29) is 24.5 Å². The number of amides is 1. The Labute approximate surface area is 92.0 Å². The molecule has 0 rings (SSSR count). The number of hydrogen-bond acceptors (Lipinski definition) is 3. The van der Waals surface area contributed by atoms with Gasteiger partial charge in [-0.25, -0.2) is 0 Å². The molecule has 0 heterocycles. The SMILES string of the molecule is CCC(CC)(CC)NCC(=O)NCC#N. The van der Waals surface area contributed by atoms with Gasteiger partial charge in [-0.2, -0.15) is 5.26 Å². The molecule has 0 saturated carbocycles. The van der Waals surface area contributed by atoms with E-state index in [1.165, 1.54) is 0 Å². The molecular formula is C11H21N3O. The van der Waals surface area contributed by atoms with Gasteiger partial charge < -0.3 is 10.6 Å². The van der Waals surface area contributed by atoms with Crippen LogP contribution in [0.2, 0.25) is 0 Å². The van der Waals surface area contributed by atoms with Gasteiger partial charge in [-0.05, 0) is 19.3 Å². The van der Waals surface area contributed by atoms with Gasteiger partial charge in [-0.1, -0.05) is 20.8 Å². The topological polar surface area (TPSA) is 64.9 Å². The molecule has 0 aliphatic carbocycles. The van der Waals surface area contributed by atoms with E-state index in [9.17, 15) is 4.79 Å². The molecule has 0 fully saturated rings. The summed E-state index contributed by atoms with van der Waals surface area (Å²) in [6.07, 6.45) is 3.02. The first kappa shape index (κ1) is 13.9. The van der Waals surface area contributed by atoms with Crippen LogP contribution >= 0.6 is 0 Å². The Hall–Kier alpha value is -1.08. The minimum Gasteiger partial charge on any atom is -0.342 e. The minimum absolute atomic E-state index is 0.0595. The van der Waals surface area contributed by atoms with E-state index in [2.05, 4.69) is 31.4 Å². The first-order valence-corrected chi connectivity index (χ1v) is 5.52. The lowest BCUT2D eigenvalue weighted by atomic mass is 9.90. The summed E-state index contributed by atoms with van der Waals surface area (Å²) in [5.41, 5.74) is 0.0595. The number of hydrogen-bond donors (Lipinski definition) is 2. The zero-order valence-electron chi connectivity index (χ0n) is 9.89. The van der Waals surface area contributed by atoms with Gasteiger partial charge in [0.05, 0.1) is 12.6 Å². The second-order valence-corrected chi connectivity index (χ2v) is 3.63. The van der Waals surface area contributed by atoms with Gasteiger partial charge in [0.1, 0.15) is 6.54 Å². The molecule has 0 radical (unpaired) electrons. The molecule has 0 aromatic carbocycles. The maximum absolute atomic E-state index is 11.3. The highest BCUT2D eigenvalue weighted by Gasteiger charge is 2.23. The maximum Gasteiger partial charge on any atom is 0.234 e. The zero-order valence-corrected chi connectivity index (χ0v) is 9.89. The van der Waals surface area contributed by atoms with Crippen molar-refractivity contribution < 1.29 is 4.79 Å². The van der Waals surface area contributed by atoms with Crippen LogP contribution in [0.25, 0.3) is 0 Å². The van der Waals surface area contributed by atoms with E-state index in [4.69, 9.17) is 5.26 Å². The molecule has 86 valence electrons. The third-order valence-electron chi connectivity index (χ3n) is 3.02. The Morgan fingerprint density at radius 1 is 1.27 bits per heavy atom. The summed E-state index contributed by atoms with van der Waals surface area (Å²) in [6, 6.07) is 1.88. The van der Waals surface area contributed by atoms with Gasteiger partial charge in [0.15, 0.2) is 0 Å². The first-order chi connectivity index (χ1) is 7.14. The Balaban J connectivity index is 4.00. The van der Waals surface area contributed by atoms with Crippen LogP contribution in [0.15, 0.2) is 0 Å². The molecule has 4 heteroatoms. The van der Waals surface area contributed by atoms with Crippen molar-refractivity contribution in [3.05, 3.63) is 0 Å². The van der Waals surface area contributed by atoms with E-state index in [0.29, 0.717) is 0 Å². The number of carbonyl (C=O) groups excluding carboxylic acids is 1. The number of carbonyl (C=O) groups is 1. The molecule has 0 spiro atoms. The standard InChI is InChI=1S/C11H21N3O/c1-4-11(5-2,6-3)14-9-10(15)13-8-7-12/h14H,4-6,8-9H2,1-3H3,(H,13,15). The second-order valence-electron chi connectivity index (χ2n) is 3.63. The van der Waals surface area contributed by atoms with E-state index in [1.54, 1.807) is 0 Å². The van der Waals surface area contributed by atoms with Crippen LogP contribution in [-0.2, 0) is 4.79 Å². The fourth-order valence-electron chi connectivity index (χ4n) is 1.59. The van der Waals surface area contributed by atoms with Crippen molar-refractivity contribution in [3.63, 3.8) is 0 Å². The number of nitrogens with one attached hydrogen (secondary N) is 2. The maximum atomic E-state index is 11.3. The molecular weight excluding hydrogens is 190 g/mol. The van der Waals surface area contributed by atoms with Gasteiger partial charge in [0.2, 0.25) is 5.91 Å². The molecule has 0 bridgehead atoms. The molecule has 0 aromatic heterocycles. The molecule has 4 nitrogen and oxygen atoms in total. The predicted molar refractivity (Wildman–Crippen MR) is 60.2 cm³/mol. The molecule has 1 amide bonds. The third-order valence-corrected chi connectivity index (χ3v) is 3.02. The van der Waals surface area contributed by atoms with E-state index in [1.807, 2.05) is 6.07 Å². The molecule has 0 aliphatic rings. The molecule has 0 unspecified atom stereocenters. The molecule has 0 saturated heterocycles. The lowest BCUT2D eigenvalue weighted by molar-refractivity contribution is -0.120. The normalized spacial score (nSPS) is 10.8. The van der Waals surface area contributed by atoms with Crippen LogP contribution in [0.3, 0.4) is 0 Å². The smallest absolute Gasteiger partial charge is 0.234 e. The van der Waals surface area contributed by atoms with E-state index >= 15 is 0 Å². The third kappa shape index (κ3) is 4.80. The molecule has 0 atom stereocenters. The van der Waals surface area contributed by atoms with E-state index in [0.717, 1.165) is 19.3 Å². The van der Waals surface area contributed by atoms with Crippen molar-refractivity contribution in [1.29, 1.82) is 5.26 Å². The van der Waals surface area contributed by atoms with Crippen molar-refractivity contribution in [2.24, 2.45) is 0 Å². The zero-order chi connectivity index (χ0) is 11.7. The fraction of sp³-hybridized carbons (Fsp3) is 0.818. The van der Waals surface area contributed by atoms with E-state index < -0.39 is 0 Å². The fourth-order valence-corrected chi connectivity index (χ4v) is 1.59. The highest BCUT2D eigenvalue weighted by molar-refractivity contribution is 5.78.